The Hall–Kier alpha value is -0.345. The van der Waals surface area contributed by atoms with E-state index in [4.69, 9.17) is 9.31 Å². The van der Waals surface area contributed by atoms with Crippen LogP contribution in [0.2, 0.25) is 6.32 Å². The summed E-state index contributed by atoms with van der Waals surface area (Å²) in [5.74, 6) is 0.244. The van der Waals surface area contributed by atoms with Crippen LogP contribution in [0.4, 0.5) is 0 Å². The normalized spacial score (nSPS) is 21.9. The first-order valence-electron chi connectivity index (χ1n) is 8.13. The summed E-state index contributed by atoms with van der Waals surface area (Å²) in [6.45, 7) is 10.5. The van der Waals surface area contributed by atoms with Crippen LogP contribution in [-0.4, -0.2) is 24.6 Å². The molecular formula is C16H31BO3. The minimum atomic E-state index is -0.232. The summed E-state index contributed by atoms with van der Waals surface area (Å²) in [4.78, 5) is 11.0. The van der Waals surface area contributed by atoms with Crippen LogP contribution in [0.25, 0.3) is 0 Å². The maximum absolute atomic E-state index is 11.0. The molecule has 116 valence electrons. The number of hydrogen-bond acceptors (Lipinski definition) is 3. The summed E-state index contributed by atoms with van der Waals surface area (Å²) in [5, 5.41) is 0. The van der Waals surface area contributed by atoms with Gasteiger partial charge in [-0.25, -0.2) is 0 Å². The van der Waals surface area contributed by atoms with Gasteiger partial charge in [-0.15, -0.1) is 0 Å². The molecule has 1 rings (SSSR count). The topological polar surface area (TPSA) is 35.5 Å². The fourth-order valence-electron chi connectivity index (χ4n) is 2.55. The van der Waals surface area contributed by atoms with E-state index in [1.54, 1.807) is 0 Å². The van der Waals surface area contributed by atoms with Crippen molar-refractivity contribution in [1.29, 1.82) is 0 Å². The summed E-state index contributed by atoms with van der Waals surface area (Å²) in [5.41, 5.74) is -0.464. The first kappa shape index (κ1) is 17.7. The van der Waals surface area contributed by atoms with Gasteiger partial charge in [0.15, 0.2) is 0 Å². The minimum absolute atomic E-state index is 0.0923. The highest BCUT2D eigenvalue weighted by atomic mass is 16.7. The van der Waals surface area contributed by atoms with Gasteiger partial charge < -0.3 is 14.1 Å². The van der Waals surface area contributed by atoms with Crippen molar-refractivity contribution in [2.24, 2.45) is 5.92 Å². The Kier molecular flexibility index (Phi) is 6.73. The molecule has 0 aliphatic carbocycles. The fourth-order valence-corrected chi connectivity index (χ4v) is 2.55. The van der Waals surface area contributed by atoms with Gasteiger partial charge in [-0.05, 0) is 46.9 Å². The van der Waals surface area contributed by atoms with E-state index in [-0.39, 0.29) is 24.2 Å². The lowest BCUT2D eigenvalue weighted by Crippen LogP contribution is -2.41. The molecular weight excluding hydrogens is 251 g/mol. The van der Waals surface area contributed by atoms with Gasteiger partial charge in [0, 0.05) is 5.92 Å². The van der Waals surface area contributed by atoms with Gasteiger partial charge in [-0.2, -0.15) is 0 Å². The zero-order valence-electron chi connectivity index (χ0n) is 13.9. The molecule has 0 aromatic heterocycles. The summed E-state index contributed by atoms with van der Waals surface area (Å²) in [7, 11) is -0.0923. The molecule has 0 saturated carbocycles. The van der Waals surface area contributed by atoms with Crippen LogP contribution in [0, 0.1) is 5.92 Å². The molecule has 0 amide bonds. The van der Waals surface area contributed by atoms with Crippen molar-refractivity contribution in [3.05, 3.63) is 0 Å². The Labute approximate surface area is 124 Å². The molecule has 0 aromatic rings. The molecule has 1 aliphatic rings. The molecule has 0 bridgehead atoms. The number of carbonyl (C=O) groups is 1. The van der Waals surface area contributed by atoms with E-state index >= 15 is 0 Å². The van der Waals surface area contributed by atoms with Crippen LogP contribution in [0.15, 0.2) is 0 Å². The average molecular weight is 282 g/mol. The summed E-state index contributed by atoms with van der Waals surface area (Å²) in [6.07, 6.45) is 8.56. The van der Waals surface area contributed by atoms with Gasteiger partial charge in [-0.3, -0.25) is 0 Å². The van der Waals surface area contributed by atoms with Crippen molar-refractivity contribution >= 4 is 13.4 Å². The van der Waals surface area contributed by atoms with Gasteiger partial charge in [0.25, 0.3) is 0 Å². The summed E-state index contributed by atoms with van der Waals surface area (Å²) in [6, 6.07) is 0. The Morgan fingerprint density at radius 1 is 1.00 bits per heavy atom. The van der Waals surface area contributed by atoms with Crippen molar-refractivity contribution in [3.63, 3.8) is 0 Å². The summed E-state index contributed by atoms with van der Waals surface area (Å²) < 4.78 is 11.9. The second kappa shape index (κ2) is 7.60. The third kappa shape index (κ3) is 4.89. The van der Waals surface area contributed by atoms with Gasteiger partial charge in [0.1, 0.15) is 6.29 Å². The SMILES string of the molecule is CCCCC(C=O)CCCCB1OC(C)(C)C(C)(C)O1. The zero-order chi connectivity index (χ0) is 15.2. The van der Waals surface area contributed by atoms with Crippen LogP contribution >= 0.6 is 0 Å². The van der Waals surface area contributed by atoms with Crippen molar-refractivity contribution < 1.29 is 14.1 Å². The van der Waals surface area contributed by atoms with E-state index in [1.165, 1.54) is 0 Å². The third-order valence-electron chi connectivity index (χ3n) is 4.69. The zero-order valence-corrected chi connectivity index (χ0v) is 13.9. The van der Waals surface area contributed by atoms with Crippen LogP contribution < -0.4 is 0 Å². The molecule has 4 heteroatoms. The molecule has 1 saturated heterocycles. The lowest BCUT2D eigenvalue weighted by molar-refractivity contribution is -0.111. The molecule has 3 nitrogen and oxygen atoms in total. The molecule has 0 radical (unpaired) electrons. The number of carbonyl (C=O) groups excluding carboxylic acids is 1. The Bertz CT molecular complexity index is 286. The highest BCUT2D eigenvalue weighted by Crippen LogP contribution is 2.38. The lowest BCUT2D eigenvalue weighted by atomic mass is 9.81. The van der Waals surface area contributed by atoms with Crippen molar-refractivity contribution in [1.82, 2.24) is 0 Å². The van der Waals surface area contributed by atoms with Crippen molar-refractivity contribution in [2.45, 2.75) is 90.7 Å². The second-order valence-corrected chi connectivity index (χ2v) is 7.01. The molecule has 1 unspecified atom stereocenters. The van der Waals surface area contributed by atoms with Gasteiger partial charge in [0.05, 0.1) is 11.2 Å². The molecule has 0 N–H and O–H groups in total. The number of aldehydes is 1. The molecule has 1 fully saturated rings. The molecule has 0 aromatic carbocycles. The largest absolute Gasteiger partial charge is 0.457 e. The molecule has 0 spiro atoms. The predicted octanol–water partition coefficient (Wildman–Crippen LogP) is 4.25. The predicted molar refractivity (Wildman–Crippen MR) is 83.8 cm³/mol. The van der Waals surface area contributed by atoms with E-state index in [0.29, 0.717) is 0 Å². The van der Waals surface area contributed by atoms with E-state index in [1.807, 2.05) is 0 Å². The highest BCUT2D eigenvalue weighted by Gasteiger charge is 2.50. The first-order chi connectivity index (χ1) is 9.32. The molecule has 20 heavy (non-hydrogen) atoms. The van der Waals surface area contributed by atoms with Crippen LogP contribution in [0.1, 0.15) is 73.1 Å². The van der Waals surface area contributed by atoms with Crippen molar-refractivity contribution in [3.8, 4) is 0 Å². The van der Waals surface area contributed by atoms with E-state index in [9.17, 15) is 4.79 Å². The number of unbranched alkanes of at least 4 members (excludes halogenated alkanes) is 2. The fraction of sp³-hybridized carbons (Fsp3) is 0.938. The number of hydrogen-bond donors (Lipinski definition) is 0. The van der Waals surface area contributed by atoms with Gasteiger partial charge in [-0.1, -0.05) is 32.6 Å². The number of rotatable bonds is 9. The Morgan fingerprint density at radius 3 is 2.05 bits per heavy atom. The first-order valence-corrected chi connectivity index (χ1v) is 8.13. The van der Waals surface area contributed by atoms with E-state index < -0.39 is 0 Å². The summed E-state index contributed by atoms with van der Waals surface area (Å²) >= 11 is 0. The highest BCUT2D eigenvalue weighted by molar-refractivity contribution is 6.45. The molecule has 1 aliphatic heterocycles. The lowest BCUT2D eigenvalue weighted by Gasteiger charge is -2.32. The standard InChI is InChI=1S/C16H31BO3/c1-6-7-10-14(13-18)11-8-9-12-17-19-15(2,3)16(4,5)20-17/h13-14H,6-12H2,1-5H3. The minimum Gasteiger partial charge on any atom is -0.403 e. The smallest absolute Gasteiger partial charge is 0.403 e. The monoisotopic (exact) mass is 282 g/mol. The molecule has 1 heterocycles. The Balaban J connectivity index is 2.21. The van der Waals surface area contributed by atoms with Gasteiger partial charge >= 0.3 is 7.12 Å². The quantitative estimate of drug-likeness (QED) is 0.360. The molecule has 1 atom stereocenters. The maximum Gasteiger partial charge on any atom is 0.457 e. The maximum atomic E-state index is 11.0. The third-order valence-corrected chi connectivity index (χ3v) is 4.69. The van der Waals surface area contributed by atoms with Crippen LogP contribution in [0.5, 0.6) is 0 Å². The van der Waals surface area contributed by atoms with E-state index in [2.05, 4.69) is 34.6 Å². The van der Waals surface area contributed by atoms with Crippen molar-refractivity contribution in [2.75, 3.05) is 0 Å². The van der Waals surface area contributed by atoms with Gasteiger partial charge in [0.2, 0.25) is 0 Å². The van der Waals surface area contributed by atoms with Crippen LogP contribution in [0.3, 0.4) is 0 Å². The average Bonchev–Trinajstić information content (AvgIpc) is 2.57. The van der Waals surface area contributed by atoms with E-state index in [0.717, 1.165) is 51.1 Å². The van der Waals surface area contributed by atoms with Crippen LogP contribution in [-0.2, 0) is 14.1 Å². The Morgan fingerprint density at radius 2 is 1.55 bits per heavy atom. The second-order valence-electron chi connectivity index (χ2n) is 7.01.